The Morgan fingerprint density at radius 1 is 1.19 bits per heavy atom. The summed E-state index contributed by atoms with van der Waals surface area (Å²) in [5, 5.41) is 3.81. The number of aromatic nitrogens is 2. The van der Waals surface area contributed by atoms with Crippen LogP contribution >= 0.6 is 11.6 Å². The maximum atomic E-state index is 10.1. The summed E-state index contributed by atoms with van der Waals surface area (Å²) >= 11 is 6.03. The van der Waals surface area contributed by atoms with Crippen molar-refractivity contribution in [2.24, 2.45) is 10.7 Å². The first-order valence-corrected chi connectivity index (χ1v) is 8.79. The highest BCUT2D eigenvalue weighted by molar-refractivity contribution is 6.31. The second-order valence-corrected chi connectivity index (χ2v) is 4.76. The van der Waals surface area contributed by atoms with Crippen LogP contribution in [0, 0.1) is 0 Å². The molecule has 0 saturated heterocycles. The Kier molecular flexibility index (Phi) is 12.1. The van der Waals surface area contributed by atoms with E-state index in [0.29, 0.717) is 28.5 Å². The van der Waals surface area contributed by atoms with Crippen LogP contribution in [0.3, 0.4) is 0 Å². The number of aliphatic imine (C=N–C) groups is 1. The number of amides is 1. The highest BCUT2D eigenvalue weighted by Gasteiger charge is 2.06. The Bertz CT molecular complexity index is 781. The number of amidine groups is 1. The number of nitrogens with two attached hydrogens (primary N) is 1. The lowest BCUT2D eigenvalue weighted by Crippen LogP contribution is -2.05. The van der Waals surface area contributed by atoms with Gasteiger partial charge in [0, 0.05) is 16.6 Å². The van der Waals surface area contributed by atoms with Gasteiger partial charge in [0.1, 0.15) is 0 Å². The average molecular weight is 376 g/mol. The van der Waals surface area contributed by atoms with Gasteiger partial charge in [-0.1, -0.05) is 45.4 Å². The molecule has 1 amide bonds. The Balaban J connectivity index is 0.00000146. The van der Waals surface area contributed by atoms with Gasteiger partial charge in [-0.3, -0.25) is 4.79 Å². The number of hydrogen-bond acceptors (Lipinski definition) is 4. The van der Waals surface area contributed by atoms with Gasteiger partial charge >= 0.3 is 0 Å². The van der Waals surface area contributed by atoms with Gasteiger partial charge in [-0.25, -0.2) is 9.97 Å². The molecule has 0 fully saturated rings. The predicted molar refractivity (Wildman–Crippen MR) is 112 cm³/mol. The third-order valence-corrected chi connectivity index (χ3v) is 2.81. The molecule has 1 aromatic heterocycles. The summed E-state index contributed by atoms with van der Waals surface area (Å²) in [6, 6.07) is 5.33. The minimum absolute atomic E-state index is 0.282. The zero-order chi connectivity index (χ0) is 19.9. The highest BCUT2D eigenvalue weighted by atomic mass is 35.5. The van der Waals surface area contributed by atoms with E-state index >= 15 is 0 Å². The molecule has 6 nitrogen and oxygen atoms in total. The minimum atomic E-state index is 0.282. The van der Waals surface area contributed by atoms with Crippen molar-refractivity contribution in [3.63, 3.8) is 0 Å². The van der Waals surface area contributed by atoms with Crippen molar-refractivity contribution in [1.29, 1.82) is 0 Å². The standard InChI is InChI=1S/C15H14ClN5O.2C2H6/c1-10(17)19-15-20-13(4-2-3-7-18-9-22)12-8-11(16)5-6-14(12)21-15;2*1-2/h2-9H,1H3,(H,18,22)(H2,17,19,20,21);2*1-2H3/b4-2-,7-3-;;. The lowest BCUT2D eigenvalue weighted by Gasteiger charge is -2.04. The first-order chi connectivity index (χ1) is 12.6. The van der Waals surface area contributed by atoms with Crippen molar-refractivity contribution in [3.8, 4) is 0 Å². The van der Waals surface area contributed by atoms with Crippen LogP contribution < -0.4 is 11.1 Å². The zero-order valence-corrected chi connectivity index (χ0v) is 16.6. The van der Waals surface area contributed by atoms with Crippen LogP contribution in [0.15, 0.2) is 41.5 Å². The monoisotopic (exact) mass is 375 g/mol. The lowest BCUT2D eigenvalue weighted by molar-refractivity contribution is -0.108. The molecule has 26 heavy (non-hydrogen) atoms. The van der Waals surface area contributed by atoms with E-state index in [2.05, 4.69) is 20.3 Å². The topological polar surface area (TPSA) is 93.3 Å². The molecule has 0 aliphatic carbocycles. The molecule has 0 spiro atoms. The van der Waals surface area contributed by atoms with Crippen molar-refractivity contribution in [2.75, 3.05) is 0 Å². The van der Waals surface area contributed by atoms with E-state index in [1.165, 1.54) is 6.20 Å². The van der Waals surface area contributed by atoms with Gasteiger partial charge < -0.3 is 11.1 Å². The number of halogens is 1. The molecule has 2 rings (SSSR count). The summed E-state index contributed by atoms with van der Waals surface area (Å²) in [6.07, 6.45) is 7.27. The van der Waals surface area contributed by atoms with Crippen LogP contribution in [0.1, 0.15) is 40.3 Å². The van der Waals surface area contributed by atoms with E-state index in [0.717, 1.165) is 5.39 Å². The lowest BCUT2D eigenvalue weighted by atomic mass is 10.2. The van der Waals surface area contributed by atoms with E-state index in [9.17, 15) is 4.79 Å². The van der Waals surface area contributed by atoms with Crippen molar-refractivity contribution < 1.29 is 4.79 Å². The first-order valence-electron chi connectivity index (χ1n) is 8.41. The van der Waals surface area contributed by atoms with Gasteiger partial charge in [0.2, 0.25) is 6.41 Å². The van der Waals surface area contributed by atoms with E-state index in [1.54, 1.807) is 43.4 Å². The number of rotatable bonds is 5. The van der Waals surface area contributed by atoms with Gasteiger partial charge in [-0.2, -0.15) is 4.99 Å². The van der Waals surface area contributed by atoms with Crippen LogP contribution in [-0.2, 0) is 4.79 Å². The zero-order valence-electron chi connectivity index (χ0n) is 15.8. The van der Waals surface area contributed by atoms with Crippen LogP contribution in [0.5, 0.6) is 0 Å². The van der Waals surface area contributed by atoms with Crippen LogP contribution in [0.25, 0.3) is 17.0 Å². The number of hydrogen-bond donors (Lipinski definition) is 2. The second kappa shape index (κ2) is 13.5. The normalized spacial score (nSPS) is 10.9. The molecule has 1 aromatic carbocycles. The molecule has 0 atom stereocenters. The van der Waals surface area contributed by atoms with E-state index in [4.69, 9.17) is 17.3 Å². The number of carbonyl (C=O) groups is 1. The molecule has 140 valence electrons. The Morgan fingerprint density at radius 2 is 1.88 bits per heavy atom. The molecule has 0 bridgehead atoms. The third kappa shape index (κ3) is 7.90. The fraction of sp³-hybridized carbons (Fsp3) is 0.263. The predicted octanol–water partition coefficient (Wildman–Crippen LogP) is 4.62. The highest BCUT2D eigenvalue weighted by Crippen LogP contribution is 2.23. The van der Waals surface area contributed by atoms with E-state index in [-0.39, 0.29) is 5.95 Å². The number of fused-ring (bicyclic) bond motifs is 1. The SMILES string of the molecule is C/C(N)=N\c1nc(/C=C\C=C/NC=O)c2cc(Cl)ccc2n1.CC.CC. The molecular formula is C19H26ClN5O. The van der Waals surface area contributed by atoms with Gasteiger partial charge in [0.15, 0.2) is 0 Å². The Morgan fingerprint density at radius 3 is 2.50 bits per heavy atom. The molecule has 0 aliphatic heterocycles. The minimum Gasteiger partial charge on any atom is -0.387 e. The fourth-order valence-corrected chi connectivity index (χ4v) is 1.92. The van der Waals surface area contributed by atoms with E-state index < -0.39 is 0 Å². The number of carbonyl (C=O) groups excluding carboxylic acids is 1. The van der Waals surface area contributed by atoms with Crippen LogP contribution in [0.4, 0.5) is 5.95 Å². The number of nitrogens with zero attached hydrogens (tertiary/aromatic N) is 3. The van der Waals surface area contributed by atoms with Gasteiger partial charge in [-0.05, 0) is 37.3 Å². The molecule has 2 aromatic rings. The molecule has 7 heteroatoms. The van der Waals surface area contributed by atoms with Gasteiger partial charge in [0.05, 0.1) is 17.0 Å². The summed E-state index contributed by atoms with van der Waals surface area (Å²) in [7, 11) is 0. The largest absolute Gasteiger partial charge is 0.387 e. The van der Waals surface area contributed by atoms with E-state index in [1.807, 2.05) is 27.7 Å². The summed E-state index contributed by atoms with van der Waals surface area (Å²) in [5.41, 5.74) is 6.95. The molecule has 0 aliphatic rings. The van der Waals surface area contributed by atoms with Crippen LogP contribution in [-0.4, -0.2) is 22.2 Å². The van der Waals surface area contributed by atoms with Crippen molar-refractivity contribution in [1.82, 2.24) is 15.3 Å². The van der Waals surface area contributed by atoms with Gasteiger partial charge in [-0.15, -0.1) is 0 Å². The number of allylic oxidation sites excluding steroid dienone is 2. The first kappa shape index (κ1) is 23.3. The summed E-state index contributed by atoms with van der Waals surface area (Å²) < 4.78 is 0. The molecule has 0 unspecified atom stereocenters. The maximum absolute atomic E-state index is 10.1. The molecule has 0 saturated carbocycles. The van der Waals surface area contributed by atoms with Crippen LogP contribution in [0.2, 0.25) is 5.02 Å². The third-order valence-electron chi connectivity index (χ3n) is 2.58. The molecule has 3 N–H and O–H groups in total. The summed E-state index contributed by atoms with van der Waals surface area (Å²) in [5.74, 6) is 0.655. The number of nitrogens with one attached hydrogen (secondary N) is 1. The maximum Gasteiger partial charge on any atom is 0.252 e. The fourth-order valence-electron chi connectivity index (χ4n) is 1.74. The smallest absolute Gasteiger partial charge is 0.252 e. The van der Waals surface area contributed by atoms with Gasteiger partial charge in [0.25, 0.3) is 5.95 Å². The quantitative estimate of drug-likeness (QED) is 0.345. The molecule has 1 heterocycles. The summed E-state index contributed by atoms with van der Waals surface area (Å²) in [6.45, 7) is 9.67. The average Bonchev–Trinajstić information content (AvgIpc) is 2.65. The molecular weight excluding hydrogens is 350 g/mol. The van der Waals surface area contributed by atoms with Crippen molar-refractivity contribution >= 4 is 46.8 Å². The number of benzene rings is 1. The second-order valence-electron chi connectivity index (χ2n) is 4.33. The Labute approximate surface area is 159 Å². The van der Waals surface area contributed by atoms with Crippen molar-refractivity contribution in [2.45, 2.75) is 34.6 Å². The Hall–Kier alpha value is -2.73. The van der Waals surface area contributed by atoms with Crippen molar-refractivity contribution in [3.05, 3.63) is 47.3 Å². The summed E-state index contributed by atoms with van der Waals surface area (Å²) in [4.78, 5) is 22.9. The molecule has 0 radical (unpaired) electrons.